The zero-order valence-corrected chi connectivity index (χ0v) is 22.2. The summed E-state index contributed by atoms with van der Waals surface area (Å²) in [5, 5.41) is 3.62. The Morgan fingerprint density at radius 3 is 2.32 bits per heavy atom. The van der Waals surface area contributed by atoms with E-state index in [0.29, 0.717) is 22.2 Å². The van der Waals surface area contributed by atoms with Gasteiger partial charge in [0.25, 0.3) is 0 Å². The molecule has 10 heteroatoms. The maximum absolute atomic E-state index is 13.3. The predicted molar refractivity (Wildman–Crippen MR) is 135 cm³/mol. The molecule has 7 nitrogen and oxygen atoms in total. The maximum Gasteiger partial charge on any atom is 0.243 e. The number of amides is 2. The van der Waals surface area contributed by atoms with Gasteiger partial charge in [0.05, 0.1) is 11.4 Å². The van der Waals surface area contributed by atoms with Gasteiger partial charge in [-0.2, -0.15) is 4.31 Å². The van der Waals surface area contributed by atoms with Crippen LogP contribution in [-0.2, 0) is 26.2 Å². The number of carbonyl (C=O) groups excluding carboxylic acids is 2. The molecule has 0 radical (unpaired) electrons. The number of benzene rings is 2. The molecule has 0 aliphatic carbocycles. The highest BCUT2D eigenvalue weighted by Gasteiger charge is 2.30. The van der Waals surface area contributed by atoms with E-state index in [1.807, 2.05) is 13.8 Å². The highest BCUT2D eigenvalue weighted by atomic mass is 35.5. The molecule has 0 saturated carbocycles. The summed E-state index contributed by atoms with van der Waals surface area (Å²) in [6, 6.07) is 10.4. The average molecular weight is 529 g/mol. The lowest BCUT2D eigenvalue weighted by Crippen LogP contribution is -2.50. The van der Waals surface area contributed by atoms with E-state index >= 15 is 0 Å². The third-order valence-electron chi connectivity index (χ3n) is 5.44. The second-order valence-electron chi connectivity index (χ2n) is 8.15. The lowest BCUT2D eigenvalue weighted by Gasteiger charge is -2.30. The van der Waals surface area contributed by atoms with E-state index in [4.69, 9.17) is 23.2 Å². The van der Waals surface area contributed by atoms with Crippen LogP contribution in [0.2, 0.25) is 10.0 Å². The van der Waals surface area contributed by atoms with Gasteiger partial charge in [-0.15, -0.1) is 0 Å². The van der Waals surface area contributed by atoms with Crippen molar-refractivity contribution in [1.82, 2.24) is 14.5 Å². The first-order chi connectivity index (χ1) is 16.0. The first kappa shape index (κ1) is 28.1. The fraction of sp³-hybridized carbons (Fsp3) is 0.417. The SMILES string of the molecule is CCCCNC(=O)[C@@H](C)N(Cc1ccc(Cl)cc1Cl)C(=O)CN(C)S(=O)(=O)c1ccc(C)cc1. The maximum atomic E-state index is 13.3. The lowest BCUT2D eigenvalue weighted by atomic mass is 10.1. The van der Waals surface area contributed by atoms with E-state index in [1.54, 1.807) is 37.3 Å². The molecule has 34 heavy (non-hydrogen) atoms. The van der Waals surface area contributed by atoms with E-state index in [1.165, 1.54) is 24.1 Å². The predicted octanol–water partition coefficient (Wildman–Crippen LogP) is 4.26. The van der Waals surface area contributed by atoms with Crippen LogP contribution in [0.5, 0.6) is 0 Å². The number of hydrogen-bond donors (Lipinski definition) is 1. The van der Waals surface area contributed by atoms with Gasteiger partial charge >= 0.3 is 0 Å². The van der Waals surface area contributed by atoms with Gasteiger partial charge in [0.1, 0.15) is 6.04 Å². The molecule has 2 aromatic rings. The summed E-state index contributed by atoms with van der Waals surface area (Å²) in [5.74, 6) is -0.849. The zero-order chi connectivity index (χ0) is 25.5. The van der Waals surface area contributed by atoms with Gasteiger partial charge in [-0.25, -0.2) is 8.42 Å². The number of carbonyl (C=O) groups is 2. The molecule has 0 spiro atoms. The number of nitrogens with zero attached hydrogens (tertiary/aromatic N) is 2. The molecule has 1 atom stereocenters. The quantitative estimate of drug-likeness (QED) is 0.442. The monoisotopic (exact) mass is 527 g/mol. The van der Waals surface area contributed by atoms with Crippen molar-refractivity contribution in [3.8, 4) is 0 Å². The Kier molecular flexibility index (Phi) is 10.4. The number of unbranched alkanes of at least 4 members (excludes halogenated alkanes) is 1. The van der Waals surface area contributed by atoms with Gasteiger partial charge in [-0.3, -0.25) is 9.59 Å². The minimum Gasteiger partial charge on any atom is -0.354 e. The second kappa shape index (κ2) is 12.5. The van der Waals surface area contributed by atoms with Crippen LogP contribution in [0.3, 0.4) is 0 Å². The molecule has 0 unspecified atom stereocenters. The van der Waals surface area contributed by atoms with Crippen molar-refractivity contribution in [2.24, 2.45) is 0 Å². The van der Waals surface area contributed by atoms with Crippen molar-refractivity contribution in [1.29, 1.82) is 0 Å². The lowest BCUT2D eigenvalue weighted by molar-refractivity contribution is -0.140. The highest BCUT2D eigenvalue weighted by molar-refractivity contribution is 7.89. The largest absolute Gasteiger partial charge is 0.354 e. The third kappa shape index (κ3) is 7.43. The number of sulfonamides is 1. The van der Waals surface area contributed by atoms with Crippen LogP contribution < -0.4 is 5.32 Å². The number of halogens is 2. The summed E-state index contributed by atoms with van der Waals surface area (Å²) in [6.07, 6.45) is 1.73. The van der Waals surface area contributed by atoms with Gasteiger partial charge < -0.3 is 10.2 Å². The number of likely N-dealkylation sites (N-methyl/N-ethyl adjacent to an activating group) is 1. The van der Waals surface area contributed by atoms with E-state index in [2.05, 4.69) is 5.32 Å². The van der Waals surface area contributed by atoms with Gasteiger partial charge in [0.15, 0.2) is 0 Å². The van der Waals surface area contributed by atoms with E-state index < -0.39 is 28.5 Å². The number of nitrogens with one attached hydrogen (secondary N) is 1. The Balaban J connectivity index is 2.28. The number of rotatable bonds is 11. The summed E-state index contributed by atoms with van der Waals surface area (Å²) < 4.78 is 26.9. The zero-order valence-electron chi connectivity index (χ0n) is 19.8. The standard InChI is InChI=1S/C24H31Cl2N3O4S/c1-5-6-13-27-24(31)18(3)29(15-19-9-10-20(25)14-22(19)26)23(30)16-28(4)34(32,33)21-11-7-17(2)8-12-21/h7-12,14,18H,5-6,13,15-16H2,1-4H3,(H,27,31)/t18-/m1/s1. The topological polar surface area (TPSA) is 86.8 Å². The van der Waals surface area contributed by atoms with Crippen molar-refractivity contribution in [3.05, 3.63) is 63.6 Å². The molecule has 0 heterocycles. The summed E-state index contributed by atoms with van der Waals surface area (Å²) in [4.78, 5) is 27.5. The van der Waals surface area contributed by atoms with Crippen LogP contribution in [0.1, 0.15) is 37.8 Å². The molecule has 0 bridgehead atoms. The normalized spacial score (nSPS) is 12.4. The molecule has 1 N–H and O–H groups in total. The molecule has 0 aliphatic heterocycles. The molecular formula is C24H31Cl2N3O4S. The van der Waals surface area contributed by atoms with Crippen LogP contribution in [0.4, 0.5) is 0 Å². The Bertz CT molecular complexity index is 1110. The van der Waals surface area contributed by atoms with E-state index in [0.717, 1.165) is 22.7 Å². The van der Waals surface area contributed by atoms with Gasteiger partial charge in [0, 0.05) is 30.2 Å². The summed E-state index contributed by atoms with van der Waals surface area (Å²) in [7, 11) is -2.55. The molecule has 186 valence electrons. The molecule has 2 amide bonds. The Labute approximate surface area is 212 Å². The van der Waals surface area contributed by atoms with Crippen LogP contribution in [0.15, 0.2) is 47.4 Å². The smallest absolute Gasteiger partial charge is 0.243 e. The Morgan fingerprint density at radius 2 is 1.74 bits per heavy atom. The minimum atomic E-state index is -3.89. The number of aryl methyl sites for hydroxylation is 1. The number of hydrogen-bond acceptors (Lipinski definition) is 4. The Hall–Kier alpha value is -2.13. The fourth-order valence-electron chi connectivity index (χ4n) is 3.21. The first-order valence-corrected chi connectivity index (χ1v) is 13.2. The van der Waals surface area contributed by atoms with Crippen LogP contribution in [-0.4, -0.2) is 55.6 Å². The van der Waals surface area contributed by atoms with Crippen LogP contribution in [0.25, 0.3) is 0 Å². The summed E-state index contributed by atoms with van der Waals surface area (Å²) >= 11 is 12.3. The van der Waals surface area contributed by atoms with Gasteiger partial charge in [-0.1, -0.05) is 60.3 Å². The fourth-order valence-corrected chi connectivity index (χ4v) is 4.80. The van der Waals surface area contributed by atoms with Crippen LogP contribution in [0, 0.1) is 6.92 Å². The van der Waals surface area contributed by atoms with E-state index in [-0.39, 0.29) is 17.3 Å². The molecule has 0 aliphatic rings. The van der Waals surface area contributed by atoms with Crippen molar-refractivity contribution < 1.29 is 18.0 Å². The summed E-state index contributed by atoms with van der Waals surface area (Å²) in [5.41, 5.74) is 1.52. The molecule has 0 aromatic heterocycles. The van der Waals surface area contributed by atoms with Crippen molar-refractivity contribution >= 4 is 45.0 Å². The third-order valence-corrected chi connectivity index (χ3v) is 7.84. The summed E-state index contributed by atoms with van der Waals surface area (Å²) in [6.45, 7) is 5.56. The second-order valence-corrected chi connectivity index (χ2v) is 11.0. The van der Waals surface area contributed by atoms with Gasteiger partial charge in [0.2, 0.25) is 21.8 Å². The molecule has 0 fully saturated rings. The molecule has 0 saturated heterocycles. The Morgan fingerprint density at radius 1 is 1.09 bits per heavy atom. The van der Waals surface area contributed by atoms with Crippen LogP contribution >= 0.6 is 23.2 Å². The highest BCUT2D eigenvalue weighted by Crippen LogP contribution is 2.24. The van der Waals surface area contributed by atoms with Crippen molar-refractivity contribution in [2.75, 3.05) is 20.1 Å². The average Bonchev–Trinajstić information content (AvgIpc) is 2.78. The minimum absolute atomic E-state index is 0.0234. The molecule has 2 rings (SSSR count). The van der Waals surface area contributed by atoms with Crippen molar-refractivity contribution in [2.45, 2.75) is 51.1 Å². The van der Waals surface area contributed by atoms with E-state index in [9.17, 15) is 18.0 Å². The van der Waals surface area contributed by atoms with Gasteiger partial charge in [-0.05, 0) is 50.1 Å². The molecular weight excluding hydrogens is 497 g/mol. The first-order valence-electron chi connectivity index (χ1n) is 11.0. The molecule has 2 aromatic carbocycles. The van der Waals surface area contributed by atoms with Crippen molar-refractivity contribution in [3.63, 3.8) is 0 Å².